The number of carbonyl (C=O) groups excluding carboxylic acids is 3. The lowest BCUT2D eigenvalue weighted by atomic mass is 9.85. The number of fused-ring (bicyclic) bond motifs is 1. The number of benzene rings is 1. The molecule has 1 heterocycles. The lowest BCUT2D eigenvalue weighted by molar-refractivity contribution is -0.384. The van der Waals surface area contributed by atoms with Crippen LogP contribution in [0.5, 0.6) is 0 Å². The number of hydrogen-bond donors (Lipinski definition) is 1. The van der Waals surface area contributed by atoms with E-state index in [4.69, 9.17) is 0 Å². The summed E-state index contributed by atoms with van der Waals surface area (Å²) in [6.45, 7) is 0.0451. The van der Waals surface area contributed by atoms with E-state index in [2.05, 4.69) is 5.32 Å². The number of anilines is 1. The van der Waals surface area contributed by atoms with E-state index in [1.165, 1.54) is 29.2 Å². The van der Waals surface area contributed by atoms with Crippen molar-refractivity contribution in [2.45, 2.75) is 19.3 Å². The molecule has 2 atom stereocenters. The van der Waals surface area contributed by atoms with E-state index in [0.717, 1.165) is 0 Å². The Kier molecular flexibility index (Phi) is 4.60. The molecule has 8 nitrogen and oxygen atoms in total. The molecule has 1 saturated heterocycles. The molecule has 0 aromatic heterocycles. The molecule has 2 aliphatic rings. The fraction of sp³-hybridized carbons (Fsp3) is 0.353. The third-order valence-electron chi connectivity index (χ3n) is 4.52. The summed E-state index contributed by atoms with van der Waals surface area (Å²) in [7, 11) is 0. The van der Waals surface area contributed by atoms with E-state index in [1.54, 1.807) is 0 Å². The Hall–Kier alpha value is -3.03. The van der Waals surface area contributed by atoms with Crippen LogP contribution in [0.3, 0.4) is 0 Å². The molecule has 1 aromatic rings. The number of hydrogen-bond acceptors (Lipinski definition) is 5. The van der Waals surface area contributed by atoms with Crippen molar-refractivity contribution in [3.05, 3.63) is 46.5 Å². The molecule has 1 aliphatic heterocycles. The molecule has 0 spiro atoms. The van der Waals surface area contributed by atoms with Gasteiger partial charge in [0.05, 0.1) is 16.8 Å². The summed E-state index contributed by atoms with van der Waals surface area (Å²) in [5.74, 6) is -1.36. The second-order valence-corrected chi connectivity index (χ2v) is 6.09. The van der Waals surface area contributed by atoms with Crippen molar-refractivity contribution in [2.24, 2.45) is 11.8 Å². The number of carbonyl (C=O) groups is 3. The predicted molar refractivity (Wildman–Crippen MR) is 88.4 cm³/mol. The molecule has 25 heavy (non-hydrogen) atoms. The highest BCUT2D eigenvalue weighted by molar-refractivity contribution is 6.05. The van der Waals surface area contributed by atoms with Gasteiger partial charge in [-0.05, 0) is 25.0 Å². The Balaban J connectivity index is 1.55. The molecule has 1 fully saturated rings. The van der Waals surface area contributed by atoms with Gasteiger partial charge in [0.1, 0.15) is 0 Å². The van der Waals surface area contributed by atoms with Gasteiger partial charge in [-0.2, -0.15) is 0 Å². The van der Waals surface area contributed by atoms with Crippen LogP contribution in [0, 0.1) is 22.0 Å². The van der Waals surface area contributed by atoms with E-state index in [9.17, 15) is 24.5 Å². The van der Waals surface area contributed by atoms with Gasteiger partial charge in [0.2, 0.25) is 17.7 Å². The van der Waals surface area contributed by atoms with Gasteiger partial charge in [0.15, 0.2) is 0 Å². The fourth-order valence-corrected chi connectivity index (χ4v) is 3.19. The van der Waals surface area contributed by atoms with Crippen molar-refractivity contribution in [3.8, 4) is 0 Å². The molecular weight excluding hydrogens is 326 g/mol. The summed E-state index contributed by atoms with van der Waals surface area (Å²) in [4.78, 5) is 47.9. The minimum absolute atomic E-state index is 0.0126. The summed E-state index contributed by atoms with van der Waals surface area (Å²) in [6.07, 6.45) is 4.96. The zero-order valence-corrected chi connectivity index (χ0v) is 13.4. The third-order valence-corrected chi connectivity index (χ3v) is 4.52. The Morgan fingerprint density at radius 1 is 1.12 bits per heavy atom. The first-order chi connectivity index (χ1) is 12.0. The van der Waals surface area contributed by atoms with Crippen LogP contribution in [0.15, 0.2) is 36.4 Å². The standard InChI is InChI=1S/C17H17N3O5/c21-15(18-11-5-7-12(8-6-11)20(24)25)9-10-19-16(22)13-3-1-2-4-14(13)17(19)23/h1-2,5-8,13-14H,3-4,9-10H2,(H,18,21)/t13-,14+. The van der Waals surface area contributed by atoms with Crippen LogP contribution < -0.4 is 5.32 Å². The summed E-state index contributed by atoms with van der Waals surface area (Å²) in [5, 5.41) is 13.2. The van der Waals surface area contributed by atoms with E-state index in [0.29, 0.717) is 18.5 Å². The number of imide groups is 1. The van der Waals surface area contributed by atoms with E-state index in [1.807, 2.05) is 12.2 Å². The van der Waals surface area contributed by atoms with Crippen molar-refractivity contribution in [1.82, 2.24) is 4.90 Å². The first-order valence-corrected chi connectivity index (χ1v) is 8.02. The molecule has 0 unspecified atom stereocenters. The maximum Gasteiger partial charge on any atom is 0.269 e. The molecule has 1 aromatic carbocycles. The van der Waals surface area contributed by atoms with Gasteiger partial charge in [0, 0.05) is 30.8 Å². The third kappa shape index (κ3) is 3.42. The molecule has 1 N–H and O–H groups in total. The lowest BCUT2D eigenvalue weighted by Crippen LogP contribution is -2.34. The molecule has 8 heteroatoms. The van der Waals surface area contributed by atoms with Crippen molar-refractivity contribution in [2.75, 3.05) is 11.9 Å². The second-order valence-electron chi connectivity index (χ2n) is 6.09. The quantitative estimate of drug-likeness (QED) is 0.380. The molecule has 1 aliphatic carbocycles. The summed E-state index contributed by atoms with van der Waals surface area (Å²) < 4.78 is 0. The van der Waals surface area contributed by atoms with Crippen molar-refractivity contribution in [3.63, 3.8) is 0 Å². The van der Waals surface area contributed by atoms with Gasteiger partial charge >= 0.3 is 0 Å². The summed E-state index contributed by atoms with van der Waals surface area (Å²) in [5.41, 5.74) is 0.356. The average molecular weight is 343 g/mol. The number of nitrogens with zero attached hydrogens (tertiary/aromatic N) is 2. The summed E-state index contributed by atoms with van der Waals surface area (Å²) >= 11 is 0. The van der Waals surface area contributed by atoms with Crippen LogP contribution in [-0.4, -0.2) is 34.1 Å². The lowest BCUT2D eigenvalue weighted by Gasteiger charge is -2.14. The van der Waals surface area contributed by atoms with Crippen molar-refractivity contribution >= 4 is 29.1 Å². The molecular formula is C17H17N3O5. The zero-order chi connectivity index (χ0) is 18.0. The van der Waals surface area contributed by atoms with Gasteiger partial charge in [-0.15, -0.1) is 0 Å². The monoisotopic (exact) mass is 343 g/mol. The van der Waals surface area contributed by atoms with Crippen LogP contribution in [0.2, 0.25) is 0 Å². The van der Waals surface area contributed by atoms with E-state index in [-0.39, 0.29) is 48.2 Å². The van der Waals surface area contributed by atoms with Gasteiger partial charge < -0.3 is 5.32 Å². The molecule has 0 saturated carbocycles. The number of nitro benzene ring substituents is 1. The van der Waals surface area contributed by atoms with Crippen LogP contribution in [-0.2, 0) is 14.4 Å². The van der Waals surface area contributed by atoms with Gasteiger partial charge in [-0.3, -0.25) is 29.4 Å². The van der Waals surface area contributed by atoms with E-state index >= 15 is 0 Å². The minimum atomic E-state index is -0.523. The maximum absolute atomic E-state index is 12.3. The molecule has 0 radical (unpaired) electrons. The van der Waals surface area contributed by atoms with E-state index < -0.39 is 4.92 Å². The van der Waals surface area contributed by atoms with Gasteiger partial charge in [-0.1, -0.05) is 12.2 Å². The minimum Gasteiger partial charge on any atom is -0.326 e. The SMILES string of the molecule is O=C(CCN1C(=O)[C@H]2CC=CC[C@H]2C1=O)Nc1ccc([N+](=O)[O-])cc1. The van der Waals surface area contributed by atoms with Crippen molar-refractivity contribution in [1.29, 1.82) is 0 Å². The van der Waals surface area contributed by atoms with Crippen LogP contribution in [0.1, 0.15) is 19.3 Å². The van der Waals surface area contributed by atoms with Crippen LogP contribution >= 0.6 is 0 Å². The number of allylic oxidation sites excluding steroid dienone is 2. The Bertz CT molecular complexity index is 730. The van der Waals surface area contributed by atoms with Crippen LogP contribution in [0.25, 0.3) is 0 Å². The Labute approximate surface area is 143 Å². The molecule has 3 rings (SSSR count). The number of rotatable bonds is 5. The molecule has 0 bridgehead atoms. The van der Waals surface area contributed by atoms with Crippen LogP contribution in [0.4, 0.5) is 11.4 Å². The normalized spacial score (nSPS) is 22.0. The van der Waals surface area contributed by atoms with Gasteiger partial charge in [-0.25, -0.2) is 0 Å². The highest BCUT2D eigenvalue weighted by atomic mass is 16.6. The predicted octanol–water partition coefficient (Wildman–Crippen LogP) is 1.87. The smallest absolute Gasteiger partial charge is 0.269 e. The first kappa shape index (κ1) is 16.8. The number of nitro groups is 1. The zero-order valence-electron chi connectivity index (χ0n) is 13.4. The average Bonchev–Trinajstić information content (AvgIpc) is 2.85. The molecule has 3 amide bonds. The highest BCUT2D eigenvalue weighted by Gasteiger charge is 2.46. The van der Waals surface area contributed by atoms with Gasteiger partial charge in [0.25, 0.3) is 5.69 Å². The fourth-order valence-electron chi connectivity index (χ4n) is 3.19. The number of likely N-dealkylation sites (tertiary alicyclic amines) is 1. The first-order valence-electron chi connectivity index (χ1n) is 8.02. The number of amides is 3. The summed E-state index contributed by atoms with van der Waals surface area (Å²) in [6, 6.07) is 5.45. The highest BCUT2D eigenvalue weighted by Crippen LogP contribution is 2.35. The topological polar surface area (TPSA) is 110 Å². The Morgan fingerprint density at radius 2 is 1.68 bits per heavy atom. The number of nitrogens with one attached hydrogen (secondary N) is 1. The second kappa shape index (κ2) is 6.84. The largest absolute Gasteiger partial charge is 0.326 e. The van der Waals surface area contributed by atoms with Crippen molar-refractivity contribution < 1.29 is 19.3 Å². The molecule has 130 valence electrons. The Morgan fingerprint density at radius 3 is 2.20 bits per heavy atom. The maximum atomic E-state index is 12.3. The number of non-ortho nitro benzene ring substituents is 1.